The average molecular weight is 421 g/mol. The third kappa shape index (κ3) is 6.16. The van der Waals surface area contributed by atoms with Gasteiger partial charge in [-0.15, -0.1) is 0 Å². The van der Waals surface area contributed by atoms with Crippen LogP contribution in [0.4, 0.5) is 22.0 Å². The van der Waals surface area contributed by atoms with Crippen molar-refractivity contribution in [2.24, 2.45) is 0 Å². The molecule has 2 amide bonds. The van der Waals surface area contributed by atoms with Crippen LogP contribution in [-0.2, 0) is 0 Å². The molecule has 0 bridgehead atoms. The number of anilines is 3. The molecule has 0 saturated carbocycles. The molecule has 0 spiro atoms. The van der Waals surface area contributed by atoms with Crippen molar-refractivity contribution >= 4 is 23.2 Å². The van der Waals surface area contributed by atoms with Crippen molar-refractivity contribution in [2.75, 3.05) is 44.9 Å². The summed E-state index contributed by atoms with van der Waals surface area (Å²) in [6.45, 7) is 3.29. The lowest BCUT2D eigenvalue weighted by Crippen LogP contribution is -2.34. The monoisotopic (exact) mass is 420 g/mol. The first-order valence-electron chi connectivity index (χ1n) is 9.99. The molecule has 3 N–H and O–H groups in total. The van der Waals surface area contributed by atoms with Crippen molar-refractivity contribution in [2.45, 2.75) is 6.92 Å². The number of nitrogens with one attached hydrogen (secondary N) is 3. The van der Waals surface area contributed by atoms with Crippen molar-refractivity contribution in [3.63, 3.8) is 0 Å². The number of aromatic nitrogens is 2. The van der Waals surface area contributed by atoms with Crippen LogP contribution in [-0.4, -0.2) is 55.2 Å². The van der Waals surface area contributed by atoms with Gasteiger partial charge in [-0.25, -0.2) is 14.8 Å². The first-order chi connectivity index (χ1) is 15.0. The molecule has 0 aliphatic heterocycles. The van der Waals surface area contributed by atoms with E-state index in [0.717, 1.165) is 40.5 Å². The van der Waals surface area contributed by atoms with E-state index in [1.54, 1.807) is 7.11 Å². The number of carbonyl (C=O) groups excluding carboxylic acids is 1. The van der Waals surface area contributed by atoms with Crippen LogP contribution in [0.15, 0.2) is 54.9 Å². The van der Waals surface area contributed by atoms with Crippen LogP contribution in [0.1, 0.15) is 5.56 Å². The number of rotatable bonds is 8. The van der Waals surface area contributed by atoms with Crippen LogP contribution in [0.25, 0.3) is 11.3 Å². The van der Waals surface area contributed by atoms with Gasteiger partial charge in [0.2, 0.25) is 0 Å². The Morgan fingerprint density at radius 1 is 1.10 bits per heavy atom. The highest BCUT2D eigenvalue weighted by atomic mass is 16.5. The summed E-state index contributed by atoms with van der Waals surface area (Å²) in [5.41, 5.74) is 4.13. The van der Waals surface area contributed by atoms with Crippen LogP contribution >= 0.6 is 0 Å². The zero-order valence-electron chi connectivity index (χ0n) is 18.3. The van der Waals surface area contributed by atoms with Gasteiger partial charge in [0, 0.05) is 36.1 Å². The first-order valence-corrected chi connectivity index (χ1v) is 9.99. The second-order valence-electron chi connectivity index (χ2n) is 7.33. The predicted octanol–water partition coefficient (Wildman–Crippen LogP) is 3.89. The van der Waals surface area contributed by atoms with E-state index < -0.39 is 0 Å². The average Bonchev–Trinajstić information content (AvgIpc) is 2.76. The fourth-order valence-electron chi connectivity index (χ4n) is 2.97. The van der Waals surface area contributed by atoms with E-state index in [1.807, 2.05) is 74.4 Å². The SMILES string of the molecule is COc1ccccc1-c1cc(Nc2ccc(C)c(NC(=O)NCCN(C)C)c2)ncn1. The van der Waals surface area contributed by atoms with E-state index in [4.69, 9.17) is 4.74 Å². The van der Waals surface area contributed by atoms with Crippen LogP contribution in [0.2, 0.25) is 0 Å². The van der Waals surface area contributed by atoms with E-state index in [2.05, 4.69) is 25.9 Å². The number of benzene rings is 2. The number of urea groups is 1. The summed E-state index contributed by atoms with van der Waals surface area (Å²) < 4.78 is 5.44. The molecule has 31 heavy (non-hydrogen) atoms. The molecule has 0 radical (unpaired) electrons. The van der Waals surface area contributed by atoms with Crippen LogP contribution in [0, 0.1) is 6.92 Å². The topological polar surface area (TPSA) is 91.4 Å². The molecule has 3 aromatic rings. The molecule has 8 heteroatoms. The molecule has 3 rings (SSSR count). The highest BCUT2D eigenvalue weighted by molar-refractivity contribution is 5.91. The molecule has 0 aliphatic rings. The largest absolute Gasteiger partial charge is 0.496 e. The van der Waals surface area contributed by atoms with E-state index in [1.165, 1.54) is 6.33 Å². The Labute approximate surface area is 182 Å². The molecule has 8 nitrogen and oxygen atoms in total. The van der Waals surface area contributed by atoms with Crippen molar-refractivity contribution in [3.05, 3.63) is 60.4 Å². The molecule has 0 atom stereocenters. The number of likely N-dealkylation sites (N-methyl/N-ethyl adjacent to an activating group) is 1. The molecular formula is C23H28N6O2. The lowest BCUT2D eigenvalue weighted by atomic mass is 10.1. The number of ether oxygens (including phenoxy) is 1. The van der Waals surface area contributed by atoms with Gasteiger partial charge in [0.1, 0.15) is 17.9 Å². The first kappa shape index (κ1) is 22.0. The molecule has 0 unspecified atom stereocenters. The standard InChI is InChI=1S/C23H28N6O2/c1-16-9-10-17(13-19(16)28-23(30)24-11-12-29(2)3)27-22-14-20(25-15-26-22)18-7-5-6-8-21(18)31-4/h5-10,13-15H,11-12H2,1-4H3,(H2,24,28,30)(H,25,26,27). The number of hydrogen-bond acceptors (Lipinski definition) is 6. The third-order valence-electron chi connectivity index (χ3n) is 4.65. The number of amides is 2. The smallest absolute Gasteiger partial charge is 0.319 e. The highest BCUT2D eigenvalue weighted by Gasteiger charge is 2.09. The minimum atomic E-state index is -0.234. The van der Waals surface area contributed by atoms with E-state index in [0.29, 0.717) is 12.4 Å². The molecule has 0 fully saturated rings. The van der Waals surface area contributed by atoms with Gasteiger partial charge in [0.05, 0.1) is 12.8 Å². The summed E-state index contributed by atoms with van der Waals surface area (Å²) in [5, 5.41) is 9.04. The fourth-order valence-corrected chi connectivity index (χ4v) is 2.97. The summed E-state index contributed by atoms with van der Waals surface area (Å²) in [5.74, 6) is 1.38. The van der Waals surface area contributed by atoms with Gasteiger partial charge in [-0.1, -0.05) is 18.2 Å². The van der Waals surface area contributed by atoms with Crippen molar-refractivity contribution in [1.82, 2.24) is 20.2 Å². The van der Waals surface area contributed by atoms with E-state index in [-0.39, 0.29) is 6.03 Å². The zero-order valence-corrected chi connectivity index (χ0v) is 18.3. The summed E-state index contributed by atoms with van der Waals surface area (Å²) in [7, 11) is 5.56. The molecule has 162 valence electrons. The normalized spacial score (nSPS) is 10.6. The van der Waals surface area contributed by atoms with E-state index in [9.17, 15) is 4.79 Å². The Kier molecular flexibility index (Phi) is 7.40. The summed E-state index contributed by atoms with van der Waals surface area (Å²) >= 11 is 0. The van der Waals surface area contributed by atoms with Gasteiger partial charge in [-0.2, -0.15) is 0 Å². The molecular weight excluding hydrogens is 392 g/mol. The molecule has 0 aliphatic carbocycles. The van der Waals surface area contributed by atoms with Gasteiger partial charge in [-0.3, -0.25) is 0 Å². The molecule has 2 aromatic carbocycles. The number of methoxy groups -OCH3 is 1. The minimum absolute atomic E-state index is 0.234. The van der Waals surface area contributed by atoms with Crippen molar-refractivity contribution in [3.8, 4) is 17.0 Å². The fraction of sp³-hybridized carbons (Fsp3) is 0.261. The van der Waals surface area contributed by atoms with Gasteiger partial charge in [-0.05, 0) is 50.8 Å². The van der Waals surface area contributed by atoms with Crippen molar-refractivity contribution < 1.29 is 9.53 Å². The van der Waals surface area contributed by atoms with Gasteiger partial charge < -0.3 is 25.6 Å². The van der Waals surface area contributed by atoms with Crippen LogP contribution in [0.3, 0.4) is 0 Å². The zero-order chi connectivity index (χ0) is 22.2. The van der Waals surface area contributed by atoms with Crippen LogP contribution < -0.4 is 20.7 Å². The van der Waals surface area contributed by atoms with Gasteiger partial charge in [0.15, 0.2) is 0 Å². The Hall–Kier alpha value is -3.65. The maximum atomic E-state index is 12.2. The second-order valence-corrected chi connectivity index (χ2v) is 7.33. The number of para-hydroxylation sites is 1. The molecule has 1 aromatic heterocycles. The maximum absolute atomic E-state index is 12.2. The summed E-state index contributed by atoms with van der Waals surface area (Å²) in [4.78, 5) is 22.9. The summed E-state index contributed by atoms with van der Waals surface area (Å²) in [6.07, 6.45) is 1.51. The Balaban J connectivity index is 1.73. The lowest BCUT2D eigenvalue weighted by Gasteiger charge is -2.14. The predicted molar refractivity (Wildman–Crippen MR) is 124 cm³/mol. The van der Waals surface area contributed by atoms with E-state index >= 15 is 0 Å². The van der Waals surface area contributed by atoms with Crippen molar-refractivity contribution in [1.29, 1.82) is 0 Å². The van der Waals surface area contributed by atoms with Gasteiger partial charge >= 0.3 is 6.03 Å². The second kappa shape index (κ2) is 10.4. The number of nitrogens with zero attached hydrogens (tertiary/aromatic N) is 3. The summed E-state index contributed by atoms with van der Waals surface area (Å²) in [6, 6.07) is 15.1. The Morgan fingerprint density at radius 3 is 2.68 bits per heavy atom. The number of aryl methyl sites for hydroxylation is 1. The molecule has 0 saturated heterocycles. The van der Waals surface area contributed by atoms with Gasteiger partial charge in [0.25, 0.3) is 0 Å². The Morgan fingerprint density at radius 2 is 1.90 bits per heavy atom. The van der Waals surface area contributed by atoms with Crippen LogP contribution in [0.5, 0.6) is 5.75 Å². The maximum Gasteiger partial charge on any atom is 0.319 e. The minimum Gasteiger partial charge on any atom is -0.496 e. The number of hydrogen-bond donors (Lipinski definition) is 3. The number of carbonyl (C=O) groups is 1. The highest BCUT2D eigenvalue weighted by Crippen LogP contribution is 2.30. The quantitative estimate of drug-likeness (QED) is 0.512. The Bertz CT molecular complexity index is 1040. The molecule has 1 heterocycles. The lowest BCUT2D eigenvalue weighted by molar-refractivity contribution is 0.250. The third-order valence-corrected chi connectivity index (χ3v) is 4.65.